The van der Waals surface area contributed by atoms with Gasteiger partial charge < -0.3 is 11.1 Å². The molecule has 2 rings (SSSR count). The van der Waals surface area contributed by atoms with Crippen LogP contribution >= 0.6 is 0 Å². The van der Waals surface area contributed by atoms with Crippen LogP contribution in [0.2, 0.25) is 0 Å². The van der Waals surface area contributed by atoms with Gasteiger partial charge in [-0.1, -0.05) is 12.1 Å². The summed E-state index contributed by atoms with van der Waals surface area (Å²) in [5.74, 6) is -0.134. The molecule has 0 atom stereocenters. The van der Waals surface area contributed by atoms with E-state index in [2.05, 4.69) is 10.3 Å². The van der Waals surface area contributed by atoms with Crippen molar-refractivity contribution in [2.24, 2.45) is 5.73 Å². The molecule has 0 bridgehead atoms. The summed E-state index contributed by atoms with van der Waals surface area (Å²) in [4.78, 5) is 16.1. The number of hydrogen-bond acceptors (Lipinski definition) is 3. The molecule has 1 aromatic heterocycles. The highest BCUT2D eigenvalue weighted by atomic mass is 16.1. The summed E-state index contributed by atoms with van der Waals surface area (Å²) in [7, 11) is 0. The Morgan fingerprint density at radius 3 is 2.53 bits per heavy atom. The van der Waals surface area contributed by atoms with Crippen molar-refractivity contribution in [3.63, 3.8) is 0 Å². The number of carbonyl (C=O) groups excluding carboxylic acids is 1. The molecule has 0 aliphatic heterocycles. The molecule has 1 amide bonds. The normalized spacial score (nSPS) is 10.2. The van der Waals surface area contributed by atoms with Gasteiger partial charge in [0.1, 0.15) is 0 Å². The Hall–Kier alpha value is -2.20. The van der Waals surface area contributed by atoms with Gasteiger partial charge in [0, 0.05) is 11.3 Å². The van der Waals surface area contributed by atoms with E-state index in [4.69, 9.17) is 5.73 Å². The summed E-state index contributed by atoms with van der Waals surface area (Å²) in [6.07, 6.45) is 2.47. The molecule has 4 nitrogen and oxygen atoms in total. The second-order valence-corrected chi connectivity index (χ2v) is 4.38. The molecule has 1 aromatic carbocycles. The number of aromatic nitrogens is 1. The Morgan fingerprint density at radius 2 is 1.95 bits per heavy atom. The van der Waals surface area contributed by atoms with Gasteiger partial charge in [-0.25, -0.2) is 0 Å². The first-order valence-corrected chi connectivity index (χ1v) is 6.22. The van der Waals surface area contributed by atoms with Crippen molar-refractivity contribution >= 4 is 11.6 Å². The molecule has 0 radical (unpaired) electrons. The number of nitrogens with zero attached hydrogens (tertiary/aromatic N) is 1. The van der Waals surface area contributed by atoms with Crippen molar-refractivity contribution in [1.29, 1.82) is 0 Å². The van der Waals surface area contributed by atoms with Crippen LogP contribution in [0.3, 0.4) is 0 Å². The first kappa shape index (κ1) is 13.2. The van der Waals surface area contributed by atoms with E-state index in [-0.39, 0.29) is 5.91 Å². The maximum Gasteiger partial charge on any atom is 0.255 e. The number of nitrogens with one attached hydrogen (secondary N) is 1. The van der Waals surface area contributed by atoms with Crippen molar-refractivity contribution in [1.82, 2.24) is 4.98 Å². The van der Waals surface area contributed by atoms with Crippen LogP contribution < -0.4 is 11.1 Å². The lowest BCUT2D eigenvalue weighted by atomic mass is 10.1. The van der Waals surface area contributed by atoms with E-state index in [9.17, 15) is 4.79 Å². The zero-order chi connectivity index (χ0) is 13.7. The van der Waals surface area contributed by atoms with Crippen LogP contribution in [-0.4, -0.2) is 17.4 Å². The Kier molecular flexibility index (Phi) is 4.26. The molecule has 0 saturated carbocycles. The van der Waals surface area contributed by atoms with Crippen LogP contribution in [0.15, 0.2) is 42.6 Å². The average molecular weight is 255 g/mol. The van der Waals surface area contributed by atoms with Crippen LogP contribution in [0, 0.1) is 6.92 Å². The highest BCUT2D eigenvalue weighted by Gasteiger charge is 2.05. The van der Waals surface area contributed by atoms with Gasteiger partial charge in [0.15, 0.2) is 0 Å². The lowest BCUT2D eigenvalue weighted by molar-refractivity contribution is 0.102. The Labute approximate surface area is 112 Å². The van der Waals surface area contributed by atoms with Gasteiger partial charge in [-0.15, -0.1) is 0 Å². The molecule has 3 N–H and O–H groups in total. The van der Waals surface area contributed by atoms with E-state index in [0.717, 1.165) is 17.7 Å². The first-order valence-electron chi connectivity index (χ1n) is 6.22. The average Bonchev–Trinajstić information content (AvgIpc) is 2.42. The number of hydrogen-bond donors (Lipinski definition) is 2. The predicted molar refractivity (Wildman–Crippen MR) is 76.1 cm³/mol. The minimum Gasteiger partial charge on any atom is -0.330 e. The number of amides is 1. The van der Waals surface area contributed by atoms with Gasteiger partial charge >= 0.3 is 0 Å². The highest BCUT2D eigenvalue weighted by Crippen LogP contribution is 2.10. The maximum atomic E-state index is 12.0. The molecule has 0 fully saturated rings. The number of pyridine rings is 1. The fourth-order valence-electron chi connectivity index (χ4n) is 1.73. The summed E-state index contributed by atoms with van der Waals surface area (Å²) < 4.78 is 0. The SMILES string of the molecule is Cc1ccc(NC(=O)c2ccc(CCN)cc2)cn1. The molecule has 4 heteroatoms. The van der Waals surface area contributed by atoms with Gasteiger partial charge in [-0.3, -0.25) is 9.78 Å². The summed E-state index contributed by atoms with van der Waals surface area (Å²) in [6, 6.07) is 11.2. The third kappa shape index (κ3) is 3.63. The van der Waals surface area contributed by atoms with Crippen molar-refractivity contribution in [2.75, 3.05) is 11.9 Å². The van der Waals surface area contributed by atoms with Crippen molar-refractivity contribution < 1.29 is 4.79 Å². The molecule has 0 unspecified atom stereocenters. The van der Waals surface area contributed by atoms with Gasteiger partial charge in [0.2, 0.25) is 0 Å². The van der Waals surface area contributed by atoms with Gasteiger partial charge in [-0.05, 0) is 49.7 Å². The number of nitrogens with two attached hydrogens (primary N) is 1. The summed E-state index contributed by atoms with van der Waals surface area (Å²) in [5.41, 5.74) is 8.86. The smallest absolute Gasteiger partial charge is 0.255 e. The monoisotopic (exact) mass is 255 g/mol. The lowest BCUT2D eigenvalue weighted by Gasteiger charge is -2.06. The minimum absolute atomic E-state index is 0.134. The van der Waals surface area contributed by atoms with Crippen LogP contribution in [0.25, 0.3) is 0 Å². The molecular weight excluding hydrogens is 238 g/mol. The summed E-state index contributed by atoms with van der Waals surface area (Å²) in [6.45, 7) is 2.52. The van der Waals surface area contributed by atoms with Crippen LogP contribution in [-0.2, 0) is 6.42 Å². The molecule has 98 valence electrons. The van der Waals surface area contributed by atoms with Crippen LogP contribution in [0.1, 0.15) is 21.6 Å². The topological polar surface area (TPSA) is 68.0 Å². The second-order valence-electron chi connectivity index (χ2n) is 4.38. The van der Waals surface area contributed by atoms with E-state index in [1.54, 1.807) is 6.20 Å². The maximum absolute atomic E-state index is 12.0. The lowest BCUT2D eigenvalue weighted by Crippen LogP contribution is -2.12. The van der Waals surface area contributed by atoms with Crippen LogP contribution in [0.4, 0.5) is 5.69 Å². The van der Waals surface area contributed by atoms with E-state index in [1.165, 1.54) is 0 Å². The minimum atomic E-state index is -0.134. The number of rotatable bonds is 4. The fraction of sp³-hybridized carbons (Fsp3) is 0.200. The zero-order valence-electron chi connectivity index (χ0n) is 10.9. The molecule has 0 saturated heterocycles. The number of carbonyl (C=O) groups is 1. The van der Waals surface area contributed by atoms with E-state index >= 15 is 0 Å². The van der Waals surface area contributed by atoms with Gasteiger partial charge in [0.25, 0.3) is 5.91 Å². The van der Waals surface area contributed by atoms with Gasteiger partial charge in [0.05, 0.1) is 11.9 Å². The second kappa shape index (κ2) is 6.11. The van der Waals surface area contributed by atoms with E-state index < -0.39 is 0 Å². The molecule has 1 heterocycles. The number of aryl methyl sites for hydroxylation is 1. The van der Waals surface area contributed by atoms with Crippen molar-refractivity contribution in [3.05, 3.63) is 59.4 Å². The van der Waals surface area contributed by atoms with E-state index in [0.29, 0.717) is 17.8 Å². The largest absolute Gasteiger partial charge is 0.330 e. The highest BCUT2D eigenvalue weighted by molar-refractivity contribution is 6.04. The predicted octanol–water partition coefficient (Wildman–Crippen LogP) is 2.14. The Bertz CT molecular complexity index is 547. The van der Waals surface area contributed by atoms with Crippen molar-refractivity contribution in [3.8, 4) is 0 Å². The quantitative estimate of drug-likeness (QED) is 0.879. The van der Waals surface area contributed by atoms with E-state index in [1.807, 2.05) is 43.3 Å². The first-order chi connectivity index (χ1) is 9.19. The zero-order valence-corrected chi connectivity index (χ0v) is 10.9. The molecule has 0 aliphatic carbocycles. The Morgan fingerprint density at radius 1 is 1.21 bits per heavy atom. The fourth-order valence-corrected chi connectivity index (χ4v) is 1.73. The molecule has 2 aromatic rings. The molecule has 0 spiro atoms. The number of anilines is 1. The molecule has 19 heavy (non-hydrogen) atoms. The molecule has 0 aliphatic rings. The third-order valence-corrected chi connectivity index (χ3v) is 2.82. The van der Waals surface area contributed by atoms with Crippen LogP contribution in [0.5, 0.6) is 0 Å². The Balaban J connectivity index is 2.05. The van der Waals surface area contributed by atoms with Gasteiger partial charge in [-0.2, -0.15) is 0 Å². The summed E-state index contributed by atoms with van der Waals surface area (Å²) >= 11 is 0. The number of benzene rings is 1. The summed E-state index contributed by atoms with van der Waals surface area (Å²) in [5, 5.41) is 2.81. The third-order valence-electron chi connectivity index (χ3n) is 2.82. The molecular formula is C15H17N3O. The standard InChI is InChI=1S/C15H17N3O/c1-11-2-7-14(10-17-11)18-15(19)13-5-3-12(4-6-13)8-9-16/h2-7,10H,8-9,16H2,1H3,(H,18,19). The van der Waals surface area contributed by atoms with Crippen molar-refractivity contribution in [2.45, 2.75) is 13.3 Å².